The second-order valence-electron chi connectivity index (χ2n) is 3.78. The van der Waals surface area contributed by atoms with E-state index in [4.69, 9.17) is 10.0 Å². The smallest absolute Gasteiger partial charge is 0.402 e. The fraction of sp³-hybridized carbons (Fsp3) is 0.625. The van der Waals surface area contributed by atoms with Gasteiger partial charge >= 0.3 is 13.4 Å². The zero-order valence-corrected chi connectivity index (χ0v) is 10.1. The zero-order valence-electron chi connectivity index (χ0n) is 9.31. The van der Waals surface area contributed by atoms with Crippen molar-refractivity contribution in [2.24, 2.45) is 0 Å². The molecule has 5 nitrogen and oxygen atoms in total. The van der Waals surface area contributed by atoms with Gasteiger partial charge in [0.15, 0.2) is 6.30 Å². The Hall–Kier alpha value is -0.675. The third-order valence-electron chi connectivity index (χ3n) is 2.50. The Morgan fingerprint density at radius 3 is 2.89 bits per heavy atom. The predicted molar refractivity (Wildman–Crippen MR) is 57.3 cm³/mol. The van der Waals surface area contributed by atoms with Gasteiger partial charge in [0.25, 0.3) is 0 Å². The summed E-state index contributed by atoms with van der Waals surface area (Å²) >= 11 is 0.787. The molecule has 2 N–H and O–H groups in total. The quantitative estimate of drug-likeness (QED) is 0.627. The summed E-state index contributed by atoms with van der Waals surface area (Å²) in [5.41, 5.74) is 0.0378. The number of aromatic nitrogens is 1. The molecule has 0 bridgehead atoms. The first-order valence-electron chi connectivity index (χ1n) is 5.05. The first kappa shape index (κ1) is 13.7. The number of halogens is 3. The minimum Gasteiger partial charge on any atom is -0.402 e. The molecular weight excluding hydrogens is 272 g/mol. The first-order chi connectivity index (χ1) is 8.32. The third kappa shape index (κ3) is 2.38. The van der Waals surface area contributed by atoms with Crippen molar-refractivity contribution in [2.75, 3.05) is 6.73 Å². The lowest BCUT2D eigenvalue weighted by molar-refractivity contribution is -0.225. The number of alkyl halides is 3. The van der Waals surface area contributed by atoms with E-state index in [0.717, 1.165) is 11.3 Å². The molecule has 1 atom stereocenters. The monoisotopic (exact) mass is 282 g/mol. The molecule has 1 aromatic rings. The summed E-state index contributed by atoms with van der Waals surface area (Å²) in [6.07, 6.45) is -2.27. The van der Waals surface area contributed by atoms with Gasteiger partial charge in [-0.2, -0.15) is 13.7 Å². The van der Waals surface area contributed by atoms with E-state index in [1.165, 1.54) is 0 Å². The standard InChI is InChI=1S/C8H10BF3N2O3S/c1-4-13-5-2-6(10)14(3-17-9(15)16)8(11,12)7(5)18-4/h6,15-16H,2-3H2,1H3. The maximum Gasteiger partial charge on any atom is 0.634 e. The minimum absolute atomic E-state index is 0.0378. The van der Waals surface area contributed by atoms with E-state index in [2.05, 4.69) is 9.64 Å². The Morgan fingerprint density at radius 1 is 1.61 bits per heavy atom. The number of aryl methyl sites for hydroxylation is 1. The van der Waals surface area contributed by atoms with Crippen LogP contribution in [0.1, 0.15) is 15.6 Å². The molecular formula is C8H10BF3N2O3S. The maximum atomic E-state index is 14.0. The number of nitrogens with zero attached hydrogens (tertiary/aromatic N) is 2. The Labute approximate surface area is 105 Å². The highest BCUT2D eigenvalue weighted by atomic mass is 32.1. The van der Waals surface area contributed by atoms with Gasteiger partial charge in [-0.15, -0.1) is 11.3 Å². The molecule has 100 valence electrons. The molecule has 1 aliphatic rings. The molecule has 0 aromatic carbocycles. The molecule has 0 spiro atoms. The molecule has 0 aliphatic carbocycles. The van der Waals surface area contributed by atoms with E-state index in [0.29, 0.717) is 5.01 Å². The van der Waals surface area contributed by atoms with Crippen LogP contribution in [-0.4, -0.2) is 40.3 Å². The maximum absolute atomic E-state index is 14.0. The summed E-state index contributed by atoms with van der Waals surface area (Å²) < 4.78 is 45.8. The van der Waals surface area contributed by atoms with Crippen molar-refractivity contribution in [3.63, 3.8) is 0 Å². The van der Waals surface area contributed by atoms with Gasteiger partial charge in [0.2, 0.25) is 0 Å². The zero-order chi connectivity index (χ0) is 13.5. The molecule has 2 heterocycles. The highest BCUT2D eigenvalue weighted by molar-refractivity contribution is 7.11. The van der Waals surface area contributed by atoms with E-state index < -0.39 is 26.4 Å². The Kier molecular flexibility index (Phi) is 3.65. The highest BCUT2D eigenvalue weighted by Crippen LogP contribution is 2.43. The van der Waals surface area contributed by atoms with Crippen LogP contribution < -0.4 is 0 Å². The lowest BCUT2D eigenvalue weighted by atomic mass is 10.1. The Bertz CT molecular complexity index is 445. The number of fused-ring (bicyclic) bond motifs is 1. The number of thiazole rings is 1. The van der Waals surface area contributed by atoms with Gasteiger partial charge in [-0.05, 0) is 6.92 Å². The van der Waals surface area contributed by atoms with Crippen LogP contribution in [0.15, 0.2) is 0 Å². The van der Waals surface area contributed by atoms with Crippen LogP contribution in [0.25, 0.3) is 0 Å². The average molecular weight is 282 g/mol. The van der Waals surface area contributed by atoms with Crippen LogP contribution in [0.2, 0.25) is 0 Å². The SMILES string of the molecule is Cc1nc2c(s1)C(F)(F)N(COB(O)O)C(F)C2. The minimum atomic E-state index is -3.58. The number of hydrogen-bond acceptors (Lipinski definition) is 6. The number of hydrogen-bond donors (Lipinski definition) is 2. The van der Waals surface area contributed by atoms with Gasteiger partial charge < -0.3 is 14.7 Å². The summed E-state index contributed by atoms with van der Waals surface area (Å²) in [7, 11) is -2.22. The molecule has 18 heavy (non-hydrogen) atoms. The second-order valence-corrected chi connectivity index (χ2v) is 4.98. The van der Waals surface area contributed by atoms with Gasteiger partial charge in [-0.25, -0.2) is 9.37 Å². The average Bonchev–Trinajstić information content (AvgIpc) is 2.58. The normalized spacial score (nSPS) is 22.9. The fourth-order valence-corrected chi connectivity index (χ4v) is 2.67. The van der Waals surface area contributed by atoms with E-state index >= 15 is 0 Å². The van der Waals surface area contributed by atoms with Crippen molar-refractivity contribution in [2.45, 2.75) is 25.7 Å². The molecule has 0 amide bonds. The van der Waals surface area contributed by atoms with Gasteiger partial charge in [-0.3, -0.25) is 0 Å². The highest BCUT2D eigenvalue weighted by Gasteiger charge is 2.51. The molecule has 2 rings (SSSR count). The van der Waals surface area contributed by atoms with Crippen molar-refractivity contribution in [1.29, 1.82) is 0 Å². The van der Waals surface area contributed by atoms with Crippen LogP contribution >= 0.6 is 11.3 Å². The van der Waals surface area contributed by atoms with Crippen molar-refractivity contribution >= 4 is 18.7 Å². The molecule has 10 heteroatoms. The topological polar surface area (TPSA) is 65.8 Å². The summed E-state index contributed by atoms with van der Waals surface area (Å²) in [5.74, 6) is 0. The molecule has 1 unspecified atom stereocenters. The van der Waals surface area contributed by atoms with Crippen LogP contribution in [0.4, 0.5) is 13.2 Å². The second kappa shape index (κ2) is 4.78. The predicted octanol–water partition coefficient (Wildman–Crippen LogP) is 0.598. The Morgan fingerprint density at radius 2 is 2.28 bits per heavy atom. The van der Waals surface area contributed by atoms with Crippen LogP contribution in [-0.2, 0) is 17.1 Å². The summed E-state index contributed by atoms with van der Waals surface area (Å²) in [5, 5.41) is 17.4. The summed E-state index contributed by atoms with van der Waals surface area (Å²) in [4.78, 5) is 3.66. The largest absolute Gasteiger partial charge is 0.634 e. The van der Waals surface area contributed by atoms with Crippen molar-refractivity contribution < 1.29 is 27.9 Å². The summed E-state index contributed by atoms with van der Waals surface area (Å²) in [6.45, 7) is 0.632. The first-order valence-corrected chi connectivity index (χ1v) is 5.87. The Balaban J connectivity index is 2.27. The molecule has 0 radical (unpaired) electrons. The van der Waals surface area contributed by atoms with Gasteiger partial charge in [0.1, 0.15) is 4.88 Å². The van der Waals surface area contributed by atoms with E-state index in [-0.39, 0.29) is 21.9 Å². The van der Waals surface area contributed by atoms with Crippen LogP contribution in [0.3, 0.4) is 0 Å². The molecule has 0 fully saturated rings. The molecule has 0 saturated heterocycles. The van der Waals surface area contributed by atoms with Gasteiger partial charge in [-0.1, -0.05) is 0 Å². The van der Waals surface area contributed by atoms with Crippen molar-refractivity contribution in [1.82, 2.24) is 9.88 Å². The van der Waals surface area contributed by atoms with Crippen molar-refractivity contribution in [3.05, 3.63) is 15.6 Å². The van der Waals surface area contributed by atoms with Gasteiger partial charge in [0, 0.05) is 6.42 Å². The summed E-state index contributed by atoms with van der Waals surface area (Å²) in [6, 6.07) is -3.58. The third-order valence-corrected chi connectivity index (χ3v) is 3.57. The lowest BCUT2D eigenvalue weighted by Crippen LogP contribution is -2.50. The van der Waals surface area contributed by atoms with Crippen molar-refractivity contribution in [3.8, 4) is 0 Å². The fourth-order valence-electron chi connectivity index (χ4n) is 1.73. The van der Waals surface area contributed by atoms with E-state index in [1.54, 1.807) is 6.92 Å². The van der Waals surface area contributed by atoms with E-state index in [9.17, 15) is 13.2 Å². The van der Waals surface area contributed by atoms with Crippen LogP contribution in [0.5, 0.6) is 0 Å². The van der Waals surface area contributed by atoms with E-state index in [1.807, 2.05) is 0 Å². The number of rotatable bonds is 3. The molecule has 0 saturated carbocycles. The lowest BCUT2D eigenvalue weighted by Gasteiger charge is -2.36. The molecule has 1 aliphatic heterocycles. The molecule has 1 aromatic heterocycles. The van der Waals surface area contributed by atoms with Crippen LogP contribution in [0, 0.1) is 6.92 Å². The van der Waals surface area contributed by atoms with Gasteiger partial charge in [0.05, 0.1) is 17.4 Å².